The molecule has 0 spiro atoms. The first-order valence-electron chi connectivity index (χ1n) is 18.1. The average molecular weight is 764 g/mol. The molecule has 5 atom stereocenters. The number of rotatable bonds is 10. The summed E-state index contributed by atoms with van der Waals surface area (Å²) in [6, 6.07) is 14.7. The molecule has 4 N–H and O–H groups in total. The van der Waals surface area contributed by atoms with Gasteiger partial charge in [-0.2, -0.15) is 13.2 Å². The van der Waals surface area contributed by atoms with Crippen molar-refractivity contribution in [1.82, 2.24) is 4.90 Å². The zero-order chi connectivity index (χ0) is 39.5. The van der Waals surface area contributed by atoms with Crippen molar-refractivity contribution in [3.63, 3.8) is 0 Å². The molecule has 3 aliphatic carbocycles. The molecule has 13 heteroatoms. The number of carbonyl (C=O) groups is 1. The summed E-state index contributed by atoms with van der Waals surface area (Å²) < 4.78 is 83.4. The van der Waals surface area contributed by atoms with E-state index in [9.17, 15) is 51.6 Å². The minimum absolute atomic E-state index is 0.0122. The number of aliphatic hydroxyl groups is 4. The summed E-state index contributed by atoms with van der Waals surface area (Å²) in [4.78, 5) is 16.0. The lowest BCUT2D eigenvalue weighted by atomic mass is 9.64. The molecule has 3 aliphatic rings. The Morgan fingerprint density at radius 2 is 1.72 bits per heavy atom. The maximum atomic E-state index is 14.3. The number of aliphatic hydroxyl groups excluding tert-OH is 3. The van der Waals surface area contributed by atoms with Crippen molar-refractivity contribution in [2.75, 3.05) is 19.7 Å². The second-order valence-electron chi connectivity index (χ2n) is 15.1. The number of fused-ring (bicyclic) bond motifs is 8. The van der Waals surface area contributed by atoms with Crippen LogP contribution in [0.2, 0.25) is 0 Å². The van der Waals surface area contributed by atoms with Crippen molar-refractivity contribution >= 4 is 5.78 Å². The zero-order valence-electron chi connectivity index (χ0n) is 30.3. The first-order valence-corrected chi connectivity index (χ1v) is 18.1. The molecule has 1 fully saturated rings. The van der Waals surface area contributed by atoms with E-state index < -0.39 is 65.4 Å². The number of nitrogens with zero attached hydrogens (tertiary/aromatic N) is 1. The van der Waals surface area contributed by atoms with Gasteiger partial charge in [0.2, 0.25) is 0 Å². The second-order valence-corrected chi connectivity index (χ2v) is 15.1. The Bertz CT molecular complexity index is 1790. The Kier molecular flexibility index (Phi) is 12.7. The standard InChI is InChI=1S/C41H47F6NO6/c1-26-5-4-17-38(2)36(16-18-39(38,53)25-48(23-32(51)24-49)22-27-9-13-33(14-10-27)54-41(45,46)47)34-15-11-28(19-31(50)12-8-26)20-35(34)37(52)29-6-3-7-30(21-29)40(42,43)44/h3,5-7,9-11,13-15,20-21,31-32,36,49-51,53H,4,8,12,16-19,22-25H2,1-2H3/t31-,32-,36-,38-,39+/m0/s1. The van der Waals surface area contributed by atoms with E-state index in [2.05, 4.69) is 10.8 Å². The molecule has 2 bridgehead atoms. The van der Waals surface area contributed by atoms with Gasteiger partial charge in [0, 0.05) is 36.2 Å². The number of alkyl halides is 6. The van der Waals surface area contributed by atoms with Crippen LogP contribution in [0, 0.1) is 5.41 Å². The second kappa shape index (κ2) is 16.5. The molecule has 7 nitrogen and oxygen atoms in total. The molecule has 6 rings (SSSR count). The highest BCUT2D eigenvalue weighted by Crippen LogP contribution is 2.59. The summed E-state index contributed by atoms with van der Waals surface area (Å²) in [5, 5.41) is 43.9. The van der Waals surface area contributed by atoms with Crippen molar-refractivity contribution in [2.24, 2.45) is 5.41 Å². The highest BCUT2D eigenvalue weighted by molar-refractivity contribution is 6.10. The Labute approximate surface area is 310 Å². The Morgan fingerprint density at radius 1 is 1.00 bits per heavy atom. The van der Waals surface area contributed by atoms with Crippen LogP contribution in [0.1, 0.15) is 96.5 Å². The molecule has 3 aromatic carbocycles. The van der Waals surface area contributed by atoms with Crippen molar-refractivity contribution in [3.05, 3.63) is 112 Å². The van der Waals surface area contributed by atoms with Gasteiger partial charge in [-0.05, 0) is 105 Å². The van der Waals surface area contributed by atoms with E-state index in [0.29, 0.717) is 48.8 Å². The predicted octanol–water partition coefficient (Wildman–Crippen LogP) is 7.73. The van der Waals surface area contributed by atoms with Crippen LogP contribution >= 0.6 is 0 Å². The lowest BCUT2D eigenvalue weighted by Crippen LogP contribution is -2.53. The molecule has 0 aliphatic heterocycles. The number of benzene rings is 3. The van der Waals surface area contributed by atoms with Gasteiger partial charge in [0.15, 0.2) is 5.78 Å². The number of allylic oxidation sites excluding steroid dienone is 2. The van der Waals surface area contributed by atoms with Gasteiger partial charge >= 0.3 is 12.5 Å². The number of carbonyl (C=O) groups excluding carboxylic acids is 1. The molecule has 0 amide bonds. The summed E-state index contributed by atoms with van der Waals surface area (Å²) in [5.74, 6) is -1.47. The van der Waals surface area contributed by atoms with Crippen LogP contribution in [-0.4, -0.2) is 75.0 Å². The molecule has 0 saturated heterocycles. The molecule has 294 valence electrons. The van der Waals surface area contributed by atoms with E-state index in [1.165, 1.54) is 36.4 Å². The summed E-state index contributed by atoms with van der Waals surface area (Å²) in [7, 11) is 0. The number of hydrogen-bond acceptors (Lipinski definition) is 7. The monoisotopic (exact) mass is 763 g/mol. The van der Waals surface area contributed by atoms with Crippen molar-refractivity contribution in [2.45, 2.75) is 102 Å². The average Bonchev–Trinajstić information content (AvgIpc) is 3.35. The van der Waals surface area contributed by atoms with Gasteiger partial charge in [-0.25, -0.2) is 0 Å². The fraction of sp³-hybridized carbons (Fsp3) is 0.488. The van der Waals surface area contributed by atoms with Gasteiger partial charge in [0.1, 0.15) is 5.75 Å². The van der Waals surface area contributed by atoms with E-state index in [4.69, 9.17) is 0 Å². The minimum Gasteiger partial charge on any atom is -0.406 e. The third-order valence-electron chi connectivity index (χ3n) is 11.1. The van der Waals surface area contributed by atoms with Crippen molar-refractivity contribution < 1.29 is 56.3 Å². The Balaban J connectivity index is 1.56. The molecule has 0 heterocycles. The molecule has 3 aromatic rings. The van der Waals surface area contributed by atoms with E-state index in [-0.39, 0.29) is 43.6 Å². The highest BCUT2D eigenvalue weighted by atomic mass is 19.4. The first kappa shape index (κ1) is 41.4. The normalized spacial score (nSPS) is 24.5. The molecule has 0 unspecified atom stereocenters. The highest BCUT2D eigenvalue weighted by Gasteiger charge is 2.57. The Hall–Kier alpha value is -3.75. The number of hydrogen-bond donors (Lipinski definition) is 4. The lowest BCUT2D eigenvalue weighted by Gasteiger charge is -2.46. The van der Waals surface area contributed by atoms with Crippen LogP contribution in [0.4, 0.5) is 26.3 Å². The van der Waals surface area contributed by atoms with Gasteiger partial charge in [-0.15, -0.1) is 13.2 Å². The number of ketones is 1. The summed E-state index contributed by atoms with van der Waals surface area (Å²) in [6.45, 7) is 3.35. The van der Waals surface area contributed by atoms with E-state index in [1.54, 1.807) is 17.0 Å². The van der Waals surface area contributed by atoms with E-state index in [1.807, 2.05) is 19.9 Å². The molecule has 54 heavy (non-hydrogen) atoms. The summed E-state index contributed by atoms with van der Waals surface area (Å²) >= 11 is 0. The van der Waals surface area contributed by atoms with Crippen LogP contribution in [-0.2, 0) is 19.1 Å². The largest absolute Gasteiger partial charge is 0.573 e. The van der Waals surface area contributed by atoms with Crippen LogP contribution in [0.5, 0.6) is 5.75 Å². The smallest absolute Gasteiger partial charge is 0.406 e. The van der Waals surface area contributed by atoms with E-state index >= 15 is 0 Å². The lowest BCUT2D eigenvalue weighted by molar-refractivity contribution is -0.274. The van der Waals surface area contributed by atoms with Crippen LogP contribution in [0.25, 0.3) is 0 Å². The van der Waals surface area contributed by atoms with Crippen LogP contribution in [0.15, 0.2) is 78.4 Å². The third-order valence-corrected chi connectivity index (χ3v) is 11.1. The predicted molar refractivity (Wildman–Crippen MR) is 190 cm³/mol. The third kappa shape index (κ3) is 9.91. The molecule has 1 saturated carbocycles. The molecular weight excluding hydrogens is 716 g/mol. The van der Waals surface area contributed by atoms with E-state index in [0.717, 1.165) is 17.7 Å². The quantitative estimate of drug-likeness (QED) is 0.0951. The molecule has 0 radical (unpaired) electrons. The number of halogens is 6. The van der Waals surface area contributed by atoms with Gasteiger partial charge in [0.05, 0.1) is 30.0 Å². The zero-order valence-corrected chi connectivity index (χ0v) is 30.3. The van der Waals surface area contributed by atoms with Crippen molar-refractivity contribution in [3.8, 4) is 5.75 Å². The van der Waals surface area contributed by atoms with Gasteiger partial charge in [-0.3, -0.25) is 9.69 Å². The summed E-state index contributed by atoms with van der Waals surface area (Å²) in [6.07, 6.45) is -6.46. The first-order chi connectivity index (χ1) is 25.3. The van der Waals surface area contributed by atoms with Crippen LogP contribution < -0.4 is 4.74 Å². The Morgan fingerprint density at radius 3 is 2.39 bits per heavy atom. The topological polar surface area (TPSA) is 110 Å². The van der Waals surface area contributed by atoms with Gasteiger partial charge in [0.25, 0.3) is 0 Å². The van der Waals surface area contributed by atoms with Gasteiger partial charge < -0.3 is 25.2 Å². The fourth-order valence-electron chi connectivity index (χ4n) is 8.15. The minimum atomic E-state index is -4.87. The van der Waals surface area contributed by atoms with Crippen molar-refractivity contribution in [1.29, 1.82) is 0 Å². The van der Waals surface area contributed by atoms with Crippen LogP contribution in [0.3, 0.4) is 0 Å². The maximum absolute atomic E-state index is 14.3. The summed E-state index contributed by atoms with van der Waals surface area (Å²) in [5.41, 5.74) is -0.479. The molecule has 0 aromatic heterocycles. The SMILES string of the molecule is CC1=CCC[C@@]2(C)[C@@H](CC[C@@]2(O)CN(Cc2ccc(OC(F)(F)F)cc2)C[C@H](O)CO)c2ccc(cc2C(=O)c2cccc(C(F)(F)F)c2)C[C@@H](O)CC1. The molecular formula is C41H47F6NO6. The maximum Gasteiger partial charge on any atom is 0.573 e. The number of ether oxygens (including phenoxy) is 1. The fourth-order valence-corrected chi connectivity index (χ4v) is 8.15. The van der Waals surface area contributed by atoms with Gasteiger partial charge in [-0.1, -0.05) is 55.0 Å².